The van der Waals surface area contributed by atoms with Gasteiger partial charge in [0.05, 0.1) is 29.4 Å². The smallest absolute Gasteiger partial charge is 0.311 e. The van der Waals surface area contributed by atoms with Gasteiger partial charge in [-0.1, -0.05) is 48.5 Å². The zero-order valence-electron chi connectivity index (χ0n) is 18.4. The molecule has 1 N–H and O–H groups in total. The molecule has 0 saturated heterocycles. The maximum Gasteiger partial charge on any atom is 0.311 e. The first-order valence-electron chi connectivity index (χ1n) is 10.6. The van der Waals surface area contributed by atoms with Crippen molar-refractivity contribution in [3.8, 4) is 0 Å². The topological polar surface area (TPSA) is 107 Å². The van der Waals surface area contributed by atoms with Crippen LogP contribution >= 0.6 is 11.3 Å². The predicted molar refractivity (Wildman–Crippen MR) is 130 cm³/mol. The van der Waals surface area contributed by atoms with Crippen LogP contribution < -0.4 is 5.32 Å². The summed E-state index contributed by atoms with van der Waals surface area (Å²) in [5.41, 5.74) is 1.85. The number of nitrogens with zero attached hydrogens (tertiary/aromatic N) is 2. The van der Waals surface area contributed by atoms with Gasteiger partial charge in [-0.2, -0.15) is 0 Å². The Morgan fingerprint density at radius 1 is 1.09 bits per heavy atom. The molecule has 0 aliphatic carbocycles. The van der Waals surface area contributed by atoms with E-state index < -0.39 is 9.84 Å². The summed E-state index contributed by atoms with van der Waals surface area (Å²) in [6.45, 7) is 1.93. The molecule has 0 atom stereocenters. The van der Waals surface area contributed by atoms with E-state index in [0.717, 1.165) is 0 Å². The molecule has 4 aromatic rings. The molecule has 2 heterocycles. The largest absolute Gasteiger partial charge is 0.466 e. The Hall–Kier alpha value is -3.50. The molecule has 0 unspecified atom stereocenters. The van der Waals surface area contributed by atoms with E-state index in [1.807, 2.05) is 6.07 Å². The number of hydrogen-bond acceptors (Lipinski definition) is 7. The van der Waals surface area contributed by atoms with E-state index in [2.05, 4.69) is 10.3 Å². The quantitative estimate of drug-likeness (QED) is 0.352. The minimum atomic E-state index is -3.63. The van der Waals surface area contributed by atoms with Gasteiger partial charge in [0, 0.05) is 22.5 Å². The van der Waals surface area contributed by atoms with E-state index in [4.69, 9.17) is 4.74 Å². The van der Waals surface area contributed by atoms with Gasteiger partial charge >= 0.3 is 5.97 Å². The first-order valence-corrected chi connectivity index (χ1v) is 13.1. The normalized spacial score (nSPS) is 11.4. The summed E-state index contributed by atoms with van der Waals surface area (Å²) >= 11 is 1.21. The second-order valence-corrected chi connectivity index (χ2v) is 10.4. The fraction of sp³-hybridized carbons (Fsp3) is 0.208. The molecule has 8 nitrogen and oxygen atoms in total. The lowest BCUT2D eigenvalue weighted by Gasteiger charge is -2.05. The highest BCUT2D eigenvalue weighted by atomic mass is 32.2. The minimum absolute atomic E-state index is 0.0328. The molecule has 2 aromatic heterocycles. The van der Waals surface area contributed by atoms with Crippen LogP contribution in [0.3, 0.4) is 0 Å². The van der Waals surface area contributed by atoms with E-state index in [-0.39, 0.29) is 35.5 Å². The number of amides is 1. The van der Waals surface area contributed by atoms with Gasteiger partial charge in [0.2, 0.25) is 5.91 Å². The van der Waals surface area contributed by atoms with Crippen LogP contribution in [-0.2, 0) is 42.9 Å². The number of aromatic nitrogens is 2. The highest BCUT2D eigenvalue weighted by Gasteiger charge is 2.22. The summed E-state index contributed by atoms with van der Waals surface area (Å²) < 4.78 is 32.9. The van der Waals surface area contributed by atoms with Crippen molar-refractivity contribution in [2.24, 2.45) is 0 Å². The van der Waals surface area contributed by atoms with Crippen LogP contribution in [0.4, 0.5) is 5.13 Å². The zero-order chi connectivity index (χ0) is 24.1. The molecule has 0 aliphatic rings. The number of sulfone groups is 1. The van der Waals surface area contributed by atoms with Gasteiger partial charge in [0.15, 0.2) is 15.0 Å². The zero-order valence-corrected chi connectivity index (χ0v) is 20.1. The summed E-state index contributed by atoms with van der Waals surface area (Å²) in [5, 5.41) is 5.33. The third-order valence-corrected chi connectivity index (χ3v) is 7.54. The average Bonchev–Trinajstić information content (AvgIpc) is 3.39. The van der Waals surface area contributed by atoms with Crippen LogP contribution in [0.15, 0.2) is 71.1 Å². The van der Waals surface area contributed by atoms with Crippen molar-refractivity contribution in [2.45, 2.75) is 30.5 Å². The SMILES string of the molecule is CCOC(=O)Cc1csc(NC(=O)Cn2cc(S(=O)(=O)Cc3ccccc3)c3ccccc32)n1. The van der Waals surface area contributed by atoms with Crippen LogP contribution in [0.1, 0.15) is 18.2 Å². The molecule has 4 rings (SSSR count). The standard InChI is InChI=1S/C24H23N3O5S2/c1-2-32-23(29)12-18-15-33-24(25-18)26-22(28)14-27-13-21(19-10-6-7-11-20(19)27)34(30,31)16-17-8-4-3-5-9-17/h3-11,13,15H,2,12,14,16H2,1H3,(H,25,26,28). The molecule has 10 heteroatoms. The summed E-state index contributed by atoms with van der Waals surface area (Å²) in [6, 6.07) is 16.1. The second kappa shape index (κ2) is 10.2. The predicted octanol–water partition coefficient (Wildman–Crippen LogP) is 3.82. The lowest BCUT2D eigenvalue weighted by atomic mass is 10.2. The Balaban J connectivity index is 1.52. The van der Waals surface area contributed by atoms with Gasteiger partial charge in [-0.05, 0) is 18.6 Å². The van der Waals surface area contributed by atoms with Crippen LogP contribution in [0.2, 0.25) is 0 Å². The van der Waals surface area contributed by atoms with Crippen LogP contribution in [-0.4, -0.2) is 36.5 Å². The monoisotopic (exact) mass is 497 g/mol. The van der Waals surface area contributed by atoms with Gasteiger partial charge < -0.3 is 14.6 Å². The molecular weight excluding hydrogens is 474 g/mol. The molecule has 0 radical (unpaired) electrons. The molecule has 1 amide bonds. The number of nitrogens with one attached hydrogen (secondary N) is 1. The number of carbonyl (C=O) groups is 2. The van der Waals surface area contributed by atoms with Crippen molar-refractivity contribution in [1.82, 2.24) is 9.55 Å². The third kappa shape index (κ3) is 5.52. The number of benzene rings is 2. The van der Waals surface area contributed by atoms with Crippen molar-refractivity contribution in [3.05, 3.63) is 77.4 Å². The van der Waals surface area contributed by atoms with Gasteiger partial charge in [0.1, 0.15) is 6.54 Å². The average molecular weight is 498 g/mol. The van der Waals surface area contributed by atoms with Crippen LogP contribution in [0, 0.1) is 0 Å². The van der Waals surface area contributed by atoms with E-state index in [1.165, 1.54) is 17.5 Å². The molecule has 2 aromatic carbocycles. The number of ether oxygens (including phenoxy) is 1. The van der Waals surface area contributed by atoms with E-state index in [1.54, 1.807) is 65.4 Å². The first kappa shape index (κ1) is 23.7. The maximum atomic E-state index is 13.2. The molecule has 176 valence electrons. The number of hydrogen-bond donors (Lipinski definition) is 1. The Bertz CT molecular complexity index is 1430. The first-order chi connectivity index (χ1) is 16.4. The van der Waals surface area contributed by atoms with Gasteiger partial charge in [0.25, 0.3) is 0 Å². The number of carbonyl (C=O) groups excluding carboxylic acids is 2. The highest BCUT2D eigenvalue weighted by Crippen LogP contribution is 2.28. The Morgan fingerprint density at radius 3 is 2.59 bits per heavy atom. The van der Waals surface area contributed by atoms with Crippen LogP contribution in [0.5, 0.6) is 0 Å². The van der Waals surface area contributed by atoms with Crippen molar-refractivity contribution in [3.63, 3.8) is 0 Å². The number of thiazole rings is 1. The second-order valence-electron chi connectivity index (χ2n) is 7.56. The number of fused-ring (bicyclic) bond motifs is 1. The van der Waals surface area contributed by atoms with Gasteiger partial charge in [-0.3, -0.25) is 9.59 Å². The number of para-hydroxylation sites is 1. The molecule has 0 spiro atoms. The summed E-state index contributed by atoms with van der Waals surface area (Å²) in [6.07, 6.45) is 1.54. The molecule has 0 bridgehead atoms. The molecule has 0 saturated carbocycles. The Labute approximate surface area is 201 Å². The van der Waals surface area contributed by atoms with Crippen molar-refractivity contribution in [2.75, 3.05) is 11.9 Å². The van der Waals surface area contributed by atoms with E-state index >= 15 is 0 Å². The lowest BCUT2D eigenvalue weighted by molar-refractivity contribution is -0.142. The number of anilines is 1. The van der Waals surface area contributed by atoms with Crippen molar-refractivity contribution < 1.29 is 22.7 Å². The highest BCUT2D eigenvalue weighted by molar-refractivity contribution is 7.90. The van der Waals surface area contributed by atoms with Crippen molar-refractivity contribution in [1.29, 1.82) is 0 Å². The lowest BCUT2D eigenvalue weighted by Crippen LogP contribution is -2.18. The fourth-order valence-corrected chi connectivity index (χ4v) is 5.89. The summed E-state index contributed by atoms with van der Waals surface area (Å²) in [7, 11) is -3.63. The molecule has 34 heavy (non-hydrogen) atoms. The third-order valence-electron chi connectivity index (χ3n) is 5.03. The maximum absolute atomic E-state index is 13.2. The van der Waals surface area contributed by atoms with Gasteiger partial charge in [-0.15, -0.1) is 11.3 Å². The number of rotatable bonds is 9. The summed E-state index contributed by atoms with van der Waals surface area (Å²) in [5.74, 6) is -0.866. The molecular formula is C24H23N3O5S2. The Morgan fingerprint density at radius 2 is 1.82 bits per heavy atom. The van der Waals surface area contributed by atoms with E-state index in [0.29, 0.717) is 33.9 Å². The van der Waals surface area contributed by atoms with Crippen molar-refractivity contribution >= 4 is 49.1 Å². The van der Waals surface area contributed by atoms with E-state index in [9.17, 15) is 18.0 Å². The molecule has 0 aliphatic heterocycles. The van der Waals surface area contributed by atoms with Crippen LogP contribution in [0.25, 0.3) is 10.9 Å². The summed E-state index contributed by atoms with van der Waals surface area (Å²) in [4.78, 5) is 28.7. The molecule has 0 fully saturated rings. The Kier molecular flexibility index (Phi) is 7.09. The minimum Gasteiger partial charge on any atom is -0.466 e. The number of esters is 1. The van der Waals surface area contributed by atoms with Gasteiger partial charge in [-0.25, -0.2) is 13.4 Å². The fourth-order valence-electron chi connectivity index (χ4n) is 3.58.